The van der Waals surface area contributed by atoms with Gasteiger partial charge in [0, 0.05) is 22.3 Å². The Labute approximate surface area is 122 Å². The lowest BCUT2D eigenvalue weighted by Crippen LogP contribution is -2.16. The molecule has 1 atom stereocenters. The molecule has 3 nitrogen and oxygen atoms in total. The van der Waals surface area contributed by atoms with Crippen LogP contribution in [-0.4, -0.2) is 22.9 Å². The zero-order valence-corrected chi connectivity index (χ0v) is 12.7. The highest BCUT2D eigenvalue weighted by molar-refractivity contribution is 9.10. The molecular formula is C15H18BrN3. The molecule has 1 aliphatic rings. The molecular weight excluding hydrogens is 302 g/mol. The van der Waals surface area contributed by atoms with Crippen LogP contribution >= 0.6 is 15.9 Å². The minimum Gasteiger partial charge on any atom is -0.316 e. The van der Waals surface area contributed by atoms with Crippen LogP contribution in [0.15, 0.2) is 34.9 Å². The van der Waals surface area contributed by atoms with Crippen LogP contribution in [0.25, 0.3) is 11.1 Å². The summed E-state index contributed by atoms with van der Waals surface area (Å²) >= 11 is 3.62. The summed E-state index contributed by atoms with van der Waals surface area (Å²) in [6.45, 7) is 5.43. The Hall–Kier alpha value is -1.13. The van der Waals surface area contributed by atoms with Gasteiger partial charge in [0.15, 0.2) is 0 Å². The molecule has 0 saturated carbocycles. The van der Waals surface area contributed by atoms with Gasteiger partial charge < -0.3 is 5.32 Å². The van der Waals surface area contributed by atoms with Gasteiger partial charge in [-0.1, -0.05) is 34.1 Å². The van der Waals surface area contributed by atoms with Crippen molar-refractivity contribution < 1.29 is 0 Å². The van der Waals surface area contributed by atoms with Crippen molar-refractivity contribution in [1.82, 2.24) is 15.1 Å². The Bertz CT molecular complexity index is 571. The van der Waals surface area contributed by atoms with Crippen molar-refractivity contribution in [2.75, 3.05) is 13.1 Å². The molecule has 2 aromatic rings. The molecule has 0 amide bonds. The van der Waals surface area contributed by atoms with Crippen molar-refractivity contribution in [3.63, 3.8) is 0 Å². The molecule has 0 radical (unpaired) electrons. The molecule has 0 spiro atoms. The third-order valence-corrected chi connectivity index (χ3v) is 4.55. The quantitative estimate of drug-likeness (QED) is 0.941. The Morgan fingerprint density at radius 2 is 2.21 bits per heavy atom. The largest absolute Gasteiger partial charge is 0.316 e. The van der Waals surface area contributed by atoms with E-state index in [0.717, 1.165) is 24.1 Å². The Balaban J connectivity index is 1.88. The third kappa shape index (κ3) is 2.60. The first-order chi connectivity index (χ1) is 9.25. The summed E-state index contributed by atoms with van der Waals surface area (Å²) in [6.07, 6.45) is 3.24. The van der Waals surface area contributed by atoms with Gasteiger partial charge in [-0.2, -0.15) is 5.10 Å². The fourth-order valence-corrected chi connectivity index (χ4v) is 3.19. The normalized spacial score (nSPS) is 18.9. The van der Waals surface area contributed by atoms with E-state index in [0.29, 0.717) is 5.92 Å². The first-order valence-electron chi connectivity index (χ1n) is 6.73. The third-order valence-electron chi connectivity index (χ3n) is 3.86. The van der Waals surface area contributed by atoms with E-state index >= 15 is 0 Å². The molecule has 0 aliphatic carbocycles. The number of rotatable bonds is 3. The van der Waals surface area contributed by atoms with Crippen LogP contribution in [0.5, 0.6) is 0 Å². The van der Waals surface area contributed by atoms with Crippen molar-refractivity contribution in [2.45, 2.75) is 19.9 Å². The molecule has 3 rings (SSSR count). The smallest absolute Gasteiger partial charge is 0.0571 e. The van der Waals surface area contributed by atoms with E-state index in [9.17, 15) is 0 Å². The average Bonchev–Trinajstić information content (AvgIpc) is 3.03. The summed E-state index contributed by atoms with van der Waals surface area (Å²) in [4.78, 5) is 0. The van der Waals surface area contributed by atoms with Gasteiger partial charge in [-0.05, 0) is 44.0 Å². The second kappa shape index (κ2) is 5.47. The molecule has 4 heteroatoms. The fourth-order valence-electron chi connectivity index (χ4n) is 2.69. The number of hydrogen-bond acceptors (Lipinski definition) is 2. The van der Waals surface area contributed by atoms with Gasteiger partial charge in [0.05, 0.1) is 6.20 Å². The van der Waals surface area contributed by atoms with Crippen LogP contribution in [0.4, 0.5) is 0 Å². The highest BCUT2D eigenvalue weighted by Gasteiger charge is 2.18. The van der Waals surface area contributed by atoms with Crippen molar-refractivity contribution in [3.05, 3.63) is 40.6 Å². The van der Waals surface area contributed by atoms with Crippen LogP contribution < -0.4 is 5.32 Å². The van der Waals surface area contributed by atoms with E-state index in [1.165, 1.54) is 23.2 Å². The molecule has 1 aromatic carbocycles. The van der Waals surface area contributed by atoms with E-state index in [4.69, 9.17) is 0 Å². The number of halogens is 1. The van der Waals surface area contributed by atoms with Crippen molar-refractivity contribution in [1.29, 1.82) is 0 Å². The van der Waals surface area contributed by atoms with Crippen LogP contribution in [0.3, 0.4) is 0 Å². The standard InChI is InChI=1S/C15H18BrN3/c1-11-14(13-4-2-3-5-15(13)16)9-18-19(11)10-12-6-7-17-8-12/h2-5,9,12,17H,6-8,10H2,1H3. The van der Waals surface area contributed by atoms with E-state index in [1.807, 2.05) is 12.3 Å². The summed E-state index contributed by atoms with van der Waals surface area (Å²) in [5.74, 6) is 0.714. The summed E-state index contributed by atoms with van der Waals surface area (Å²) in [5.41, 5.74) is 3.69. The maximum absolute atomic E-state index is 4.56. The SMILES string of the molecule is Cc1c(-c2ccccc2Br)cnn1CC1CCNC1. The van der Waals surface area contributed by atoms with Gasteiger partial charge in [0.25, 0.3) is 0 Å². The van der Waals surface area contributed by atoms with Crippen molar-refractivity contribution in [2.24, 2.45) is 5.92 Å². The molecule has 1 N–H and O–H groups in total. The van der Waals surface area contributed by atoms with Gasteiger partial charge in [-0.25, -0.2) is 0 Å². The summed E-state index contributed by atoms with van der Waals surface area (Å²) in [5, 5.41) is 7.98. The lowest BCUT2D eigenvalue weighted by atomic mass is 10.1. The maximum Gasteiger partial charge on any atom is 0.0571 e. The number of aromatic nitrogens is 2. The zero-order valence-electron chi connectivity index (χ0n) is 11.1. The molecule has 0 bridgehead atoms. The van der Waals surface area contributed by atoms with Crippen molar-refractivity contribution in [3.8, 4) is 11.1 Å². The molecule has 2 heterocycles. The van der Waals surface area contributed by atoms with Crippen LogP contribution in [0, 0.1) is 12.8 Å². The second-order valence-corrected chi connectivity index (χ2v) is 6.02. The molecule has 19 heavy (non-hydrogen) atoms. The predicted octanol–water partition coefficient (Wildman–Crippen LogP) is 3.23. The topological polar surface area (TPSA) is 29.9 Å². The highest BCUT2D eigenvalue weighted by Crippen LogP contribution is 2.30. The van der Waals surface area contributed by atoms with Crippen LogP contribution in [0.1, 0.15) is 12.1 Å². The van der Waals surface area contributed by atoms with Gasteiger partial charge in [-0.3, -0.25) is 4.68 Å². The van der Waals surface area contributed by atoms with Crippen LogP contribution in [0.2, 0.25) is 0 Å². The molecule has 1 saturated heterocycles. The van der Waals surface area contributed by atoms with Gasteiger partial charge in [0.2, 0.25) is 0 Å². The number of hydrogen-bond donors (Lipinski definition) is 1. The molecule has 100 valence electrons. The van der Waals surface area contributed by atoms with Crippen LogP contribution in [-0.2, 0) is 6.54 Å². The lowest BCUT2D eigenvalue weighted by Gasteiger charge is -2.11. The van der Waals surface area contributed by atoms with Gasteiger partial charge >= 0.3 is 0 Å². The molecule has 1 unspecified atom stereocenters. The molecule has 1 aromatic heterocycles. The maximum atomic E-state index is 4.56. The van der Waals surface area contributed by atoms with Gasteiger partial charge in [0.1, 0.15) is 0 Å². The molecule has 1 aliphatic heterocycles. The van der Waals surface area contributed by atoms with E-state index in [1.54, 1.807) is 0 Å². The summed E-state index contributed by atoms with van der Waals surface area (Å²) in [6, 6.07) is 8.32. The molecule has 1 fully saturated rings. The number of nitrogens with zero attached hydrogens (tertiary/aromatic N) is 2. The predicted molar refractivity (Wildman–Crippen MR) is 81.1 cm³/mol. The number of benzene rings is 1. The number of nitrogens with one attached hydrogen (secondary N) is 1. The minimum absolute atomic E-state index is 0.714. The Morgan fingerprint density at radius 1 is 1.37 bits per heavy atom. The first-order valence-corrected chi connectivity index (χ1v) is 7.53. The van der Waals surface area contributed by atoms with E-state index in [-0.39, 0.29) is 0 Å². The highest BCUT2D eigenvalue weighted by atomic mass is 79.9. The van der Waals surface area contributed by atoms with Crippen molar-refractivity contribution >= 4 is 15.9 Å². The fraction of sp³-hybridized carbons (Fsp3) is 0.400. The zero-order chi connectivity index (χ0) is 13.2. The Morgan fingerprint density at radius 3 is 2.95 bits per heavy atom. The Kier molecular flexibility index (Phi) is 3.71. The minimum atomic E-state index is 0.714. The second-order valence-electron chi connectivity index (χ2n) is 5.16. The monoisotopic (exact) mass is 319 g/mol. The van der Waals surface area contributed by atoms with Gasteiger partial charge in [-0.15, -0.1) is 0 Å². The van der Waals surface area contributed by atoms with E-state index < -0.39 is 0 Å². The average molecular weight is 320 g/mol. The lowest BCUT2D eigenvalue weighted by molar-refractivity contribution is 0.443. The van der Waals surface area contributed by atoms with E-state index in [2.05, 4.69) is 56.2 Å². The summed E-state index contributed by atoms with van der Waals surface area (Å²) < 4.78 is 3.27. The first kappa shape index (κ1) is 12.9. The summed E-state index contributed by atoms with van der Waals surface area (Å²) in [7, 11) is 0.